The Morgan fingerprint density at radius 3 is 2.75 bits per heavy atom. The third-order valence-electron chi connectivity index (χ3n) is 1.42. The number of hydrogen-bond acceptors (Lipinski definition) is 2. The van der Waals surface area contributed by atoms with Crippen LogP contribution in [0, 0.1) is 0 Å². The fourth-order valence-electron chi connectivity index (χ4n) is 0.823. The molecular formula is C8H8BrNO2. The zero-order valence-corrected chi connectivity index (χ0v) is 8.05. The van der Waals surface area contributed by atoms with E-state index in [-0.39, 0.29) is 11.7 Å². The molecule has 1 aromatic carbocycles. The molecule has 2 N–H and O–H groups in total. The minimum Gasteiger partial charge on any atom is -0.508 e. The van der Waals surface area contributed by atoms with Gasteiger partial charge in [-0.05, 0) is 34.1 Å². The van der Waals surface area contributed by atoms with E-state index in [4.69, 9.17) is 5.11 Å². The predicted octanol–water partition coefficient (Wildman–Crippen LogP) is 1.51. The fourth-order valence-corrected chi connectivity index (χ4v) is 1.37. The molecule has 0 saturated carbocycles. The summed E-state index contributed by atoms with van der Waals surface area (Å²) < 4.78 is 0.585. The van der Waals surface area contributed by atoms with Crippen molar-refractivity contribution in [2.24, 2.45) is 0 Å². The number of nitrogens with one attached hydrogen (secondary N) is 1. The van der Waals surface area contributed by atoms with Crippen LogP contribution < -0.4 is 5.32 Å². The summed E-state index contributed by atoms with van der Waals surface area (Å²) in [6, 6.07) is 4.50. The molecule has 1 aromatic rings. The highest BCUT2D eigenvalue weighted by molar-refractivity contribution is 9.10. The maximum Gasteiger partial charge on any atom is 0.252 e. The van der Waals surface area contributed by atoms with Gasteiger partial charge in [-0.3, -0.25) is 4.79 Å². The lowest BCUT2D eigenvalue weighted by atomic mass is 10.2. The fraction of sp³-hybridized carbons (Fsp3) is 0.125. The minimum atomic E-state index is -0.179. The van der Waals surface area contributed by atoms with E-state index in [1.54, 1.807) is 13.1 Å². The van der Waals surface area contributed by atoms with Crippen molar-refractivity contribution in [1.82, 2.24) is 5.32 Å². The molecule has 0 aromatic heterocycles. The zero-order valence-electron chi connectivity index (χ0n) is 6.47. The van der Waals surface area contributed by atoms with Gasteiger partial charge in [-0.25, -0.2) is 0 Å². The van der Waals surface area contributed by atoms with Gasteiger partial charge in [-0.2, -0.15) is 0 Å². The first kappa shape index (κ1) is 9.06. The van der Waals surface area contributed by atoms with Crippen molar-refractivity contribution in [3.8, 4) is 5.75 Å². The summed E-state index contributed by atoms with van der Waals surface area (Å²) in [7, 11) is 1.56. The lowest BCUT2D eigenvalue weighted by Crippen LogP contribution is -2.18. The molecule has 4 heteroatoms. The molecule has 1 rings (SSSR count). The second kappa shape index (κ2) is 3.58. The van der Waals surface area contributed by atoms with Gasteiger partial charge in [0.2, 0.25) is 0 Å². The van der Waals surface area contributed by atoms with Crippen molar-refractivity contribution in [1.29, 1.82) is 0 Å². The van der Waals surface area contributed by atoms with Gasteiger partial charge in [0.25, 0.3) is 5.91 Å². The summed E-state index contributed by atoms with van der Waals surface area (Å²) in [6.45, 7) is 0. The van der Waals surface area contributed by atoms with E-state index >= 15 is 0 Å². The van der Waals surface area contributed by atoms with Gasteiger partial charge < -0.3 is 10.4 Å². The van der Waals surface area contributed by atoms with Gasteiger partial charge in [-0.1, -0.05) is 0 Å². The molecule has 0 atom stereocenters. The van der Waals surface area contributed by atoms with Crippen molar-refractivity contribution < 1.29 is 9.90 Å². The number of benzene rings is 1. The lowest BCUT2D eigenvalue weighted by Gasteiger charge is -2.02. The molecular weight excluding hydrogens is 222 g/mol. The summed E-state index contributed by atoms with van der Waals surface area (Å²) in [4.78, 5) is 11.1. The van der Waals surface area contributed by atoms with E-state index in [2.05, 4.69) is 21.2 Å². The zero-order chi connectivity index (χ0) is 9.14. The smallest absolute Gasteiger partial charge is 0.252 e. The van der Waals surface area contributed by atoms with E-state index < -0.39 is 0 Å². The summed E-state index contributed by atoms with van der Waals surface area (Å²) >= 11 is 3.17. The largest absolute Gasteiger partial charge is 0.508 e. The maximum absolute atomic E-state index is 11.1. The normalized spacial score (nSPS) is 9.50. The Balaban J connectivity index is 3.09. The minimum absolute atomic E-state index is 0.134. The van der Waals surface area contributed by atoms with Gasteiger partial charge in [-0.15, -0.1) is 0 Å². The number of hydrogen-bond donors (Lipinski definition) is 2. The van der Waals surface area contributed by atoms with Crippen LogP contribution in [0.3, 0.4) is 0 Å². The average molecular weight is 230 g/mol. The van der Waals surface area contributed by atoms with Crippen LogP contribution in [-0.2, 0) is 0 Å². The van der Waals surface area contributed by atoms with Gasteiger partial charge in [0, 0.05) is 11.5 Å². The molecule has 1 amide bonds. The SMILES string of the molecule is CNC(=O)c1ccc(O)cc1Br. The Labute approximate surface area is 78.5 Å². The van der Waals surface area contributed by atoms with Crippen LogP contribution in [-0.4, -0.2) is 18.1 Å². The molecule has 12 heavy (non-hydrogen) atoms. The van der Waals surface area contributed by atoms with Crippen LogP contribution in [0.4, 0.5) is 0 Å². The van der Waals surface area contributed by atoms with Crippen LogP contribution in [0.15, 0.2) is 22.7 Å². The van der Waals surface area contributed by atoms with Gasteiger partial charge in [0.15, 0.2) is 0 Å². The lowest BCUT2D eigenvalue weighted by molar-refractivity contribution is 0.0962. The predicted molar refractivity (Wildman–Crippen MR) is 49.2 cm³/mol. The van der Waals surface area contributed by atoms with Crippen LogP contribution in [0.1, 0.15) is 10.4 Å². The van der Waals surface area contributed by atoms with Crippen molar-refractivity contribution in [3.63, 3.8) is 0 Å². The monoisotopic (exact) mass is 229 g/mol. The first-order valence-corrected chi connectivity index (χ1v) is 4.15. The molecule has 3 nitrogen and oxygen atoms in total. The first-order valence-electron chi connectivity index (χ1n) is 3.35. The van der Waals surface area contributed by atoms with Crippen LogP contribution in [0.25, 0.3) is 0 Å². The highest BCUT2D eigenvalue weighted by atomic mass is 79.9. The highest BCUT2D eigenvalue weighted by Gasteiger charge is 2.07. The molecule has 0 fully saturated rings. The highest BCUT2D eigenvalue weighted by Crippen LogP contribution is 2.21. The number of phenols is 1. The molecule has 0 aliphatic carbocycles. The number of carbonyl (C=O) groups excluding carboxylic acids is 1. The van der Waals surface area contributed by atoms with Gasteiger partial charge >= 0.3 is 0 Å². The van der Waals surface area contributed by atoms with E-state index in [0.29, 0.717) is 10.0 Å². The number of rotatable bonds is 1. The Morgan fingerprint density at radius 1 is 1.58 bits per heavy atom. The molecule has 0 aliphatic rings. The standard InChI is InChI=1S/C8H8BrNO2/c1-10-8(12)6-3-2-5(11)4-7(6)9/h2-4,11H,1H3,(H,10,12). The molecule has 0 heterocycles. The molecule has 64 valence electrons. The number of phenolic OH excluding ortho intramolecular Hbond substituents is 1. The number of aromatic hydroxyl groups is 1. The van der Waals surface area contributed by atoms with Gasteiger partial charge in [0.05, 0.1) is 5.56 Å². The third-order valence-corrected chi connectivity index (χ3v) is 2.08. The first-order chi connectivity index (χ1) is 5.65. The molecule has 0 bridgehead atoms. The van der Waals surface area contributed by atoms with E-state index in [1.807, 2.05) is 0 Å². The average Bonchev–Trinajstić information content (AvgIpc) is 2.03. The molecule has 0 aliphatic heterocycles. The summed E-state index contributed by atoms with van der Waals surface area (Å²) in [6.07, 6.45) is 0. The van der Waals surface area contributed by atoms with E-state index in [9.17, 15) is 4.79 Å². The summed E-state index contributed by atoms with van der Waals surface area (Å²) in [5.74, 6) is -0.0450. The topological polar surface area (TPSA) is 49.3 Å². The van der Waals surface area contributed by atoms with E-state index in [1.165, 1.54) is 12.1 Å². The number of halogens is 1. The van der Waals surface area contributed by atoms with Crippen molar-refractivity contribution in [2.45, 2.75) is 0 Å². The molecule has 0 saturated heterocycles. The molecule has 0 spiro atoms. The second-order valence-corrected chi connectivity index (χ2v) is 3.10. The molecule has 0 unspecified atom stereocenters. The van der Waals surface area contributed by atoms with Crippen molar-refractivity contribution in [3.05, 3.63) is 28.2 Å². The Morgan fingerprint density at radius 2 is 2.25 bits per heavy atom. The summed E-state index contributed by atoms with van der Waals surface area (Å²) in [5, 5.41) is 11.5. The van der Waals surface area contributed by atoms with Crippen LogP contribution in [0.2, 0.25) is 0 Å². The van der Waals surface area contributed by atoms with E-state index in [0.717, 1.165) is 0 Å². The van der Waals surface area contributed by atoms with Gasteiger partial charge in [0.1, 0.15) is 5.75 Å². The Hall–Kier alpha value is -1.03. The number of amides is 1. The third kappa shape index (κ3) is 1.76. The number of carbonyl (C=O) groups is 1. The quantitative estimate of drug-likeness (QED) is 0.768. The molecule has 0 radical (unpaired) electrons. The summed E-state index contributed by atoms with van der Waals surface area (Å²) in [5.41, 5.74) is 0.510. The Bertz CT molecular complexity index is 312. The Kier molecular flexibility index (Phi) is 2.70. The second-order valence-electron chi connectivity index (χ2n) is 2.24. The van der Waals surface area contributed by atoms with Crippen molar-refractivity contribution in [2.75, 3.05) is 7.05 Å². The van der Waals surface area contributed by atoms with Crippen molar-refractivity contribution >= 4 is 21.8 Å². The van der Waals surface area contributed by atoms with Crippen LogP contribution in [0.5, 0.6) is 5.75 Å². The van der Waals surface area contributed by atoms with Crippen LogP contribution >= 0.6 is 15.9 Å². The maximum atomic E-state index is 11.1.